The third-order valence-corrected chi connectivity index (χ3v) is 12.9. The Bertz CT molecular complexity index is 1920. The number of anilines is 1. The number of aromatic nitrogens is 3. The number of nitrogens with zero attached hydrogens (tertiary/aromatic N) is 5. The molecule has 50 heavy (non-hydrogen) atoms. The highest BCUT2D eigenvalue weighted by atomic mass is 35.5. The Labute approximate surface area is 299 Å². The highest BCUT2D eigenvalue weighted by molar-refractivity contribution is 7.92. The van der Waals surface area contributed by atoms with Crippen molar-refractivity contribution >= 4 is 39.0 Å². The van der Waals surface area contributed by atoms with E-state index >= 15 is 0 Å². The fraction of sp³-hybridized carbons (Fsp3) is 0.514. The molecule has 1 aromatic heterocycles. The number of rotatable bonds is 5. The maximum atomic E-state index is 14.2. The fourth-order valence-corrected chi connectivity index (χ4v) is 9.91. The number of carbonyl (C=O) groups excluding carboxylic acids is 2. The van der Waals surface area contributed by atoms with Gasteiger partial charge in [-0.3, -0.25) is 14.3 Å². The summed E-state index contributed by atoms with van der Waals surface area (Å²) in [5.74, 6) is 0.398. The zero-order valence-electron chi connectivity index (χ0n) is 28.7. The molecule has 1 spiro atoms. The lowest BCUT2D eigenvalue weighted by Gasteiger charge is -2.46. The van der Waals surface area contributed by atoms with Crippen LogP contribution in [0.4, 0.5) is 5.69 Å². The number of amides is 2. The number of ether oxygens (including phenoxy) is 2. The van der Waals surface area contributed by atoms with E-state index in [1.54, 1.807) is 26.4 Å². The van der Waals surface area contributed by atoms with Crippen LogP contribution >= 0.6 is 11.6 Å². The molecule has 1 N–H and O–H groups in total. The minimum absolute atomic E-state index is 0.0375. The van der Waals surface area contributed by atoms with Crippen molar-refractivity contribution in [3.05, 3.63) is 82.2 Å². The lowest BCUT2D eigenvalue weighted by molar-refractivity contribution is -0.119. The summed E-state index contributed by atoms with van der Waals surface area (Å²) in [5.41, 5.74) is 4.06. The Kier molecular flexibility index (Phi) is 10.0. The summed E-state index contributed by atoms with van der Waals surface area (Å²) in [4.78, 5) is 30.7. The third kappa shape index (κ3) is 7.34. The lowest BCUT2D eigenvalue weighted by Crippen LogP contribution is -2.49. The number of hydrogen-bond donors (Lipinski definition) is 1. The number of carbonyl (C=O) groups is 2. The molecule has 5 atom stereocenters. The largest absolute Gasteiger partial charge is 0.490 e. The van der Waals surface area contributed by atoms with Gasteiger partial charge in [-0.2, -0.15) is 15.0 Å². The van der Waals surface area contributed by atoms with Gasteiger partial charge >= 0.3 is 0 Å². The highest BCUT2D eigenvalue weighted by Crippen LogP contribution is 2.47. The monoisotopic (exact) mass is 720 g/mol. The van der Waals surface area contributed by atoms with Crippen LogP contribution in [0.3, 0.4) is 0 Å². The molecule has 2 aromatic carbocycles. The number of methoxy groups -OCH3 is 1. The van der Waals surface area contributed by atoms with E-state index in [9.17, 15) is 13.8 Å². The van der Waals surface area contributed by atoms with Gasteiger partial charge in [-0.05, 0) is 98.2 Å². The maximum Gasteiger partial charge on any atom is 0.286 e. The summed E-state index contributed by atoms with van der Waals surface area (Å²) in [6, 6.07) is 11.6. The average Bonchev–Trinajstić information content (AvgIpc) is 3.44. The first-order chi connectivity index (χ1) is 24.1. The molecule has 4 aliphatic rings. The zero-order chi connectivity index (χ0) is 34.9. The zero-order valence-corrected chi connectivity index (χ0v) is 30.3. The number of benzene rings is 2. The van der Waals surface area contributed by atoms with Crippen LogP contribution in [0.5, 0.6) is 5.75 Å². The fourth-order valence-electron chi connectivity index (χ4n) is 8.09. The number of nitrogens with one attached hydrogen (secondary N) is 1. The van der Waals surface area contributed by atoms with E-state index in [4.69, 9.17) is 21.1 Å². The van der Waals surface area contributed by atoms with Gasteiger partial charge in [-0.25, -0.2) is 4.21 Å². The first-order valence-corrected chi connectivity index (χ1v) is 19.6. The number of aryl methyl sites for hydroxylation is 3. The van der Waals surface area contributed by atoms with Crippen molar-refractivity contribution in [2.24, 2.45) is 23.2 Å². The molecule has 13 heteroatoms. The Hall–Kier alpha value is -3.74. The normalized spacial score (nSPS) is 28.7. The van der Waals surface area contributed by atoms with Gasteiger partial charge in [0.15, 0.2) is 0 Å². The van der Waals surface area contributed by atoms with Crippen molar-refractivity contribution < 1.29 is 23.3 Å². The van der Waals surface area contributed by atoms with Crippen molar-refractivity contribution in [3.63, 3.8) is 0 Å². The van der Waals surface area contributed by atoms with Gasteiger partial charge in [0, 0.05) is 56.1 Å². The van der Waals surface area contributed by atoms with Gasteiger partial charge < -0.3 is 14.4 Å². The van der Waals surface area contributed by atoms with E-state index in [1.807, 2.05) is 18.2 Å². The average molecular weight is 721 g/mol. The molecule has 2 aliphatic carbocycles. The molecule has 3 heterocycles. The first kappa shape index (κ1) is 34.7. The molecule has 3 aromatic rings. The van der Waals surface area contributed by atoms with Gasteiger partial charge in [0.1, 0.15) is 15.7 Å². The molecule has 2 amide bonds. The predicted molar refractivity (Wildman–Crippen MR) is 193 cm³/mol. The van der Waals surface area contributed by atoms with Gasteiger partial charge in [0.25, 0.3) is 5.91 Å². The number of allylic oxidation sites excluding steroid dienone is 1. The molecule has 0 unspecified atom stereocenters. The summed E-state index contributed by atoms with van der Waals surface area (Å²) in [5, 5.41) is 9.00. The Morgan fingerprint density at radius 1 is 1.20 bits per heavy atom. The van der Waals surface area contributed by atoms with Gasteiger partial charge in [0.2, 0.25) is 5.91 Å². The lowest BCUT2D eigenvalue weighted by atomic mass is 9.68. The molecule has 2 aliphatic heterocycles. The van der Waals surface area contributed by atoms with Crippen molar-refractivity contribution in [2.75, 3.05) is 37.5 Å². The molecule has 1 saturated carbocycles. The number of halogens is 1. The van der Waals surface area contributed by atoms with Crippen LogP contribution in [0.1, 0.15) is 72.1 Å². The Morgan fingerprint density at radius 3 is 2.86 bits per heavy atom. The van der Waals surface area contributed by atoms with Crippen LogP contribution in [0, 0.1) is 11.8 Å². The van der Waals surface area contributed by atoms with Crippen LogP contribution in [0.2, 0.25) is 5.02 Å². The second kappa shape index (κ2) is 14.5. The second-order valence-electron chi connectivity index (χ2n) is 14.2. The molecular formula is C37H45ClN6O5S. The van der Waals surface area contributed by atoms with Gasteiger partial charge in [-0.1, -0.05) is 29.8 Å². The van der Waals surface area contributed by atoms with Gasteiger partial charge in [0.05, 0.1) is 36.0 Å². The quantitative estimate of drug-likeness (QED) is 0.338. The van der Waals surface area contributed by atoms with Crippen molar-refractivity contribution in [2.45, 2.75) is 69.3 Å². The van der Waals surface area contributed by atoms with Crippen molar-refractivity contribution in [3.8, 4) is 5.75 Å². The Morgan fingerprint density at radius 2 is 2.08 bits per heavy atom. The van der Waals surface area contributed by atoms with Crippen LogP contribution < -0.4 is 14.4 Å². The van der Waals surface area contributed by atoms with E-state index in [0.717, 1.165) is 55.9 Å². The predicted octanol–water partition coefficient (Wildman–Crippen LogP) is 5.61. The summed E-state index contributed by atoms with van der Waals surface area (Å²) < 4.78 is 33.7. The maximum absolute atomic E-state index is 14.2. The van der Waals surface area contributed by atoms with E-state index < -0.39 is 21.7 Å². The third-order valence-electron chi connectivity index (χ3n) is 10.8. The van der Waals surface area contributed by atoms with Crippen molar-refractivity contribution in [1.82, 2.24) is 19.7 Å². The molecule has 0 saturated heterocycles. The van der Waals surface area contributed by atoms with E-state index in [0.29, 0.717) is 54.7 Å². The first-order valence-electron chi connectivity index (χ1n) is 17.6. The van der Waals surface area contributed by atoms with Gasteiger partial charge in [-0.15, -0.1) is 4.36 Å². The minimum atomic E-state index is -3.43. The van der Waals surface area contributed by atoms with E-state index in [2.05, 4.69) is 48.5 Å². The second-order valence-corrected chi connectivity index (χ2v) is 16.7. The Balaban J connectivity index is 1.24. The molecule has 11 nitrogen and oxygen atoms in total. The van der Waals surface area contributed by atoms with E-state index in [-0.39, 0.29) is 23.7 Å². The molecule has 7 rings (SSSR count). The molecule has 1 fully saturated rings. The number of hydrogen-bond acceptors (Lipinski definition) is 8. The van der Waals surface area contributed by atoms with Crippen LogP contribution in [-0.4, -0.2) is 69.7 Å². The molecule has 0 radical (unpaired) electrons. The summed E-state index contributed by atoms with van der Waals surface area (Å²) in [6.07, 6.45) is 12.3. The van der Waals surface area contributed by atoms with Crippen LogP contribution in [0.15, 0.2) is 59.1 Å². The van der Waals surface area contributed by atoms with Crippen molar-refractivity contribution in [1.29, 1.82) is 0 Å². The SMILES string of the molecule is CO[C@H]1/C=C/CCC[S@@](=O)(NC(=O)CCc2cnn(C)n2)=NC(=O)c2ccc3c(c2)N(C[C@@H]2CC[C@H]21)C[C@@]1(CCCc2cc(Cl)ccc21)CO3. The van der Waals surface area contributed by atoms with Crippen LogP contribution in [-0.2, 0) is 44.8 Å². The standard InChI is InChI=1S/C37H45ClN6O5S/c1-43-39-21-29(40-43)12-16-35(45)41-50(47)18-5-3-4-8-33(48-2)30-13-9-27(30)22-44-23-37(17-6-7-25-19-28(38)11-14-31(25)37)24-49-34-15-10-26(20-32(34)44)36(46)42-50/h4,8,10-11,14-15,19-21,27,30,33H,3,5-7,9,12-13,16-18,22-24H2,1-2H3,(H,41,42,45,46,47)/b8-4+/t27-,30+,33-,37-,50+/m0/s1. The highest BCUT2D eigenvalue weighted by Gasteiger charge is 2.44. The molecular weight excluding hydrogens is 676 g/mol. The molecule has 2 bridgehead atoms. The summed E-state index contributed by atoms with van der Waals surface area (Å²) in [7, 11) is 0.0356. The smallest absolute Gasteiger partial charge is 0.286 e. The topological polar surface area (TPSA) is 128 Å². The number of fused-ring (bicyclic) bond motifs is 4. The minimum Gasteiger partial charge on any atom is -0.490 e. The summed E-state index contributed by atoms with van der Waals surface area (Å²) in [6.45, 7) is 2.01. The van der Waals surface area contributed by atoms with Crippen LogP contribution in [0.25, 0.3) is 0 Å². The summed E-state index contributed by atoms with van der Waals surface area (Å²) >= 11 is 6.45. The molecule has 266 valence electrons. The van der Waals surface area contributed by atoms with E-state index in [1.165, 1.54) is 15.9 Å².